The minimum atomic E-state index is -0.489. The molecule has 5 aliphatic rings. The quantitative estimate of drug-likeness (QED) is 0.166. The Kier molecular flexibility index (Phi) is 8.02. The van der Waals surface area contributed by atoms with E-state index in [9.17, 15) is 10.1 Å². The van der Waals surface area contributed by atoms with Crippen LogP contribution in [0.3, 0.4) is 0 Å². The molecule has 3 aromatic heterocycles. The van der Waals surface area contributed by atoms with Crippen LogP contribution >= 0.6 is 23.2 Å². The van der Waals surface area contributed by atoms with Crippen LogP contribution in [0.5, 0.6) is 0 Å². The summed E-state index contributed by atoms with van der Waals surface area (Å²) < 4.78 is 19.7. The van der Waals surface area contributed by atoms with E-state index in [2.05, 4.69) is 32.3 Å². The molecule has 1 amide bonds. The number of hydrogen-bond acceptors (Lipinski definition) is 7. The second kappa shape index (κ2) is 12.9. The van der Waals surface area contributed by atoms with Crippen molar-refractivity contribution in [3.63, 3.8) is 0 Å². The zero-order valence-corrected chi connectivity index (χ0v) is 31.0. The number of likely N-dealkylation sites (tertiary alicyclic amines) is 1. The lowest BCUT2D eigenvalue weighted by Gasteiger charge is -2.39. The number of halogens is 3. The molecule has 11 rings (SSSR count). The van der Waals surface area contributed by atoms with Crippen molar-refractivity contribution in [3.8, 4) is 28.6 Å². The van der Waals surface area contributed by atoms with Gasteiger partial charge in [0.2, 0.25) is 11.7 Å². The summed E-state index contributed by atoms with van der Waals surface area (Å²) in [5.41, 5.74) is 5.20. The molecule has 0 radical (unpaired) electrons. The van der Waals surface area contributed by atoms with Gasteiger partial charge in [-0.1, -0.05) is 65.7 Å². The maximum atomic E-state index is 17.2. The van der Waals surface area contributed by atoms with E-state index in [4.69, 9.17) is 33.3 Å². The van der Waals surface area contributed by atoms with E-state index in [0.717, 1.165) is 48.0 Å². The Bertz CT molecular complexity index is 2530. The number of benzene rings is 3. The van der Waals surface area contributed by atoms with Gasteiger partial charge in [0.05, 0.1) is 39.8 Å². The number of nitrogens with zero attached hydrogens (tertiary/aromatic N) is 8. The van der Waals surface area contributed by atoms with Gasteiger partial charge < -0.3 is 14.8 Å². The molecule has 13 heteroatoms. The van der Waals surface area contributed by atoms with Gasteiger partial charge in [0.25, 0.3) is 0 Å². The van der Waals surface area contributed by atoms with E-state index >= 15 is 4.39 Å². The number of aromatic nitrogens is 6. The molecule has 0 spiro atoms. The summed E-state index contributed by atoms with van der Waals surface area (Å²) in [4.78, 5) is 22.8. The standard InChI is InChI=1S/C41H36Cl2FN9O/c1-21-28-18-33(32-17-26(20-51(32)41(54)23-12-13-23)53-49-40(48-50-53)22-7-3-2-4-8-22)52(38-25-16-31(38)46-19-25)39(28)29-15-24(9-6-14-45)34(36(44)37(29)47-21)27-10-5-11-30(42)35(27)43/h2-5,7-8,10-11,15,18,23,25-26,31-32,38,46H,6,9,12-13,16-17,19-20H2,1H3. The lowest BCUT2D eigenvalue weighted by molar-refractivity contribution is -0.133. The summed E-state index contributed by atoms with van der Waals surface area (Å²) in [6, 6.07) is 21.3. The fourth-order valence-electron chi connectivity index (χ4n) is 9.25. The number of carbonyl (C=O) groups is 1. The number of pyridine rings is 1. The van der Waals surface area contributed by atoms with Crippen molar-refractivity contribution in [2.24, 2.45) is 11.8 Å². The average Bonchev–Trinajstić information content (AvgIpc) is 3.67. The van der Waals surface area contributed by atoms with E-state index in [1.54, 1.807) is 23.0 Å². The van der Waals surface area contributed by atoms with Crippen LogP contribution in [0.2, 0.25) is 10.0 Å². The smallest absolute Gasteiger partial charge is 0.226 e. The van der Waals surface area contributed by atoms with Crippen molar-refractivity contribution in [2.75, 3.05) is 13.1 Å². The Morgan fingerprint density at radius 1 is 1.07 bits per heavy atom. The van der Waals surface area contributed by atoms with Crippen LogP contribution in [0.4, 0.5) is 4.39 Å². The van der Waals surface area contributed by atoms with Crippen molar-refractivity contribution >= 4 is 50.9 Å². The Morgan fingerprint density at radius 2 is 1.91 bits per heavy atom. The highest BCUT2D eigenvalue weighted by molar-refractivity contribution is 6.43. The summed E-state index contributed by atoms with van der Waals surface area (Å²) in [7, 11) is 0. The first kappa shape index (κ1) is 33.7. The lowest BCUT2D eigenvalue weighted by atomic mass is 9.79. The van der Waals surface area contributed by atoms with Crippen molar-refractivity contribution in [1.29, 1.82) is 5.26 Å². The molecule has 1 N–H and O–H groups in total. The van der Waals surface area contributed by atoms with Crippen molar-refractivity contribution in [3.05, 3.63) is 93.5 Å². The van der Waals surface area contributed by atoms with Gasteiger partial charge in [0.1, 0.15) is 5.52 Å². The zero-order valence-electron chi connectivity index (χ0n) is 29.5. The molecular weight excluding hydrogens is 724 g/mol. The first-order chi connectivity index (χ1) is 26.3. The molecule has 272 valence electrons. The summed E-state index contributed by atoms with van der Waals surface area (Å²) >= 11 is 13.1. The lowest BCUT2D eigenvalue weighted by Crippen LogP contribution is -2.41. The van der Waals surface area contributed by atoms with Crippen molar-refractivity contribution in [1.82, 2.24) is 40.0 Å². The molecule has 6 heterocycles. The number of fused-ring (bicyclic) bond motifs is 4. The largest absolute Gasteiger partial charge is 0.337 e. The van der Waals surface area contributed by atoms with Gasteiger partial charge in [-0.25, -0.2) is 9.37 Å². The van der Waals surface area contributed by atoms with Crippen molar-refractivity contribution < 1.29 is 9.18 Å². The molecule has 5 unspecified atom stereocenters. The predicted molar refractivity (Wildman–Crippen MR) is 204 cm³/mol. The predicted octanol–water partition coefficient (Wildman–Crippen LogP) is 8.18. The Hall–Kier alpha value is -4.89. The molecule has 5 atom stereocenters. The first-order valence-corrected chi connectivity index (χ1v) is 19.4. The van der Waals surface area contributed by atoms with E-state index in [0.29, 0.717) is 63.9 Å². The van der Waals surface area contributed by atoms with Crippen LogP contribution < -0.4 is 5.32 Å². The van der Waals surface area contributed by atoms with Gasteiger partial charge in [-0.15, -0.1) is 10.2 Å². The number of nitrogens with one attached hydrogen (secondary N) is 1. The van der Waals surface area contributed by atoms with Crippen LogP contribution in [0, 0.1) is 35.9 Å². The SMILES string of the molecule is Cc1nc2c(F)c(-c3cccc(Cl)c3Cl)c(CCC#N)cc2c2c1cc(C1CC(n3nnc(-c4ccccc4)n3)CN1C(=O)C1CC1)n2C1C2CNC1C2. The first-order valence-electron chi connectivity index (χ1n) is 18.7. The molecule has 2 saturated carbocycles. The molecule has 5 fully saturated rings. The summed E-state index contributed by atoms with van der Waals surface area (Å²) in [6.07, 6.45) is 3.98. The molecule has 54 heavy (non-hydrogen) atoms. The van der Waals surface area contributed by atoms with Gasteiger partial charge >= 0.3 is 0 Å². The second-order valence-corrected chi connectivity index (χ2v) is 16.0. The van der Waals surface area contributed by atoms with Gasteiger partial charge in [0, 0.05) is 70.3 Å². The summed E-state index contributed by atoms with van der Waals surface area (Å²) in [5.74, 6) is 0.634. The number of amides is 1. The number of rotatable bonds is 8. The third-order valence-corrected chi connectivity index (χ3v) is 12.9. The molecule has 6 aromatic rings. The second-order valence-electron chi connectivity index (χ2n) is 15.2. The Morgan fingerprint density at radius 3 is 2.65 bits per heavy atom. The zero-order chi connectivity index (χ0) is 36.8. The van der Waals surface area contributed by atoms with Crippen molar-refractivity contribution in [2.45, 2.75) is 69.6 Å². The molecule has 3 aliphatic heterocycles. The van der Waals surface area contributed by atoms with Gasteiger partial charge in [-0.3, -0.25) is 4.79 Å². The van der Waals surface area contributed by atoms with Gasteiger partial charge in [0.15, 0.2) is 5.82 Å². The molecule has 2 aliphatic carbocycles. The van der Waals surface area contributed by atoms with Crippen LogP contribution in [0.1, 0.15) is 67.2 Å². The van der Waals surface area contributed by atoms with E-state index in [1.165, 1.54) is 0 Å². The van der Waals surface area contributed by atoms with Crippen LogP contribution in [0.15, 0.2) is 60.7 Å². The van der Waals surface area contributed by atoms with Crippen LogP contribution in [-0.4, -0.2) is 59.7 Å². The molecular formula is C41H36Cl2FN9O. The maximum Gasteiger partial charge on any atom is 0.226 e. The van der Waals surface area contributed by atoms with Gasteiger partial charge in [-0.2, -0.15) is 10.1 Å². The van der Waals surface area contributed by atoms with Gasteiger partial charge in [-0.05, 0) is 73.9 Å². The fourth-order valence-corrected chi connectivity index (χ4v) is 9.65. The minimum absolute atomic E-state index is 0.0203. The Balaban J connectivity index is 1.17. The summed E-state index contributed by atoms with van der Waals surface area (Å²) in [5, 5.41) is 29.2. The Labute approximate surface area is 320 Å². The highest BCUT2D eigenvalue weighted by Gasteiger charge is 2.51. The topological polar surface area (TPSA) is 118 Å². The number of nitriles is 1. The number of hydrogen-bond donors (Lipinski definition) is 1. The average molecular weight is 761 g/mol. The van der Waals surface area contributed by atoms with E-state index in [-0.39, 0.29) is 53.0 Å². The molecule has 2 bridgehead atoms. The number of tetrazole rings is 1. The maximum absolute atomic E-state index is 17.2. The highest BCUT2D eigenvalue weighted by Crippen LogP contribution is 2.52. The molecule has 10 nitrogen and oxygen atoms in total. The summed E-state index contributed by atoms with van der Waals surface area (Å²) in [6.45, 7) is 3.29. The van der Waals surface area contributed by atoms with E-state index in [1.807, 2.05) is 48.2 Å². The minimum Gasteiger partial charge on any atom is -0.337 e. The normalized spacial score (nSPS) is 23.3. The number of carbonyl (C=O) groups excluding carboxylic acids is 1. The fraction of sp³-hybridized carbons (Fsp3) is 0.366. The van der Waals surface area contributed by atoms with Crippen LogP contribution in [-0.2, 0) is 11.2 Å². The third-order valence-electron chi connectivity index (χ3n) is 12.0. The van der Waals surface area contributed by atoms with Crippen LogP contribution in [0.25, 0.3) is 44.3 Å². The highest BCUT2D eigenvalue weighted by atomic mass is 35.5. The third kappa shape index (κ3) is 5.25. The number of aryl methyl sites for hydroxylation is 2. The van der Waals surface area contributed by atoms with E-state index < -0.39 is 5.82 Å². The monoisotopic (exact) mass is 759 g/mol. The molecule has 3 saturated heterocycles. The molecule has 3 aromatic carbocycles.